The zero-order chi connectivity index (χ0) is 14.2. The minimum atomic E-state index is -0.629. The first-order chi connectivity index (χ1) is 9.44. The number of thiocarbonyl (C=S) groups is 1. The van der Waals surface area contributed by atoms with Crippen molar-refractivity contribution in [2.45, 2.75) is 24.1 Å². The van der Waals surface area contributed by atoms with E-state index in [1.165, 1.54) is 12.1 Å². The molecule has 4 rings (SSSR count). The summed E-state index contributed by atoms with van der Waals surface area (Å²) >= 11 is 5.32. The number of aliphatic hydroxyl groups excluding tert-OH is 1. The Morgan fingerprint density at radius 3 is 2.55 bits per heavy atom. The van der Waals surface area contributed by atoms with Crippen molar-refractivity contribution in [2.75, 3.05) is 13.6 Å². The molecule has 2 saturated heterocycles. The molecule has 4 atom stereocenters. The van der Waals surface area contributed by atoms with Crippen LogP contribution < -0.4 is 0 Å². The number of halogens is 2. The van der Waals surface area contributed by atoms with Gasteiger partial charge < -0.3 is 14.9 Å². The maximum atomic E-state index is 13.4. The van der Waals surface area contributed by atoms with Gasteiger partial charge in [-0.25, -0.2) is 8.78 Å². The van der Waals surface area contributed by atoms with Gasteiger partial charge in [-0.05, 0) is 42.3 Å². The van der Waals surface area contributed by atoms with E-state index in [0.29, 0.717) is 17.2 Å². The van der Waals surface area contributed by atoms with E-state index in [9.17, 15) is 13.9 Å². The van der Waals surface area contributed by atoms with E-state index in [4.69, 9.17) is 12.2 Å². The van der Waals surface area contributed by atoms with Crippen LogP contribution in [0.1, 0.15) is 12.0 Å². The summed E-state index contributed by atoms with van der Waals surface area (Å²) < 4.78 is 26.9. The first-order valence-electron chi connectivity index (χ1n) is 6.62. The highest BCUT2D eigenvalue weighted by Gasteiger charge is 2.70. The monoisotopic (exact) mass is 296 g/mol. The molecule has 1 saturated carbocycles. The van der Waals surface area contributed by atoms with Crippen molar-refractivity contribution in [1.82, 2.24) is 9.80 Å². The topological polar surface area (TPSA) is 26.7 Å². The van der Waals surface area contributed by atoms with Crippen LogP contribution in [0.5, 0.6) is 0 Å². The maximum absolute atomic E-state index is 13.4. The molecule has 0 aromatic heterocycles. The van der Waals surface area contributed by atoms with Gasteiger partial charge in [-0.3, -0.25) is 0 Å². The van der Waals surface area contributed by atoms with Crippen molar-refractivity contribution in [3.8, 4) is 0 Å². The number of benzene rings is 1. The van der Waals surface area contributed by atoms with Crippen molar-refractivity contribution in [1.29, 1.82) is 0 Å². The Morgan fingerprint density at radius 2 is 1.95 bits per heavy atom. The summed E-state index contributed by atoms with van der Waals surface area (Å²) in [5.41, 5.74) is 0.437. The van der Waals surface area contributed by atoms with Crippen molar-refractivity contribution in [3.05, 3.63) is 35.4 Å². The lowest BCUT2D eigenvalue weighted by molar-refractivity contribution is 0.0474. The molecule has 2 aliphatic heterocycles. The molecule has 0 bridgehead atoms. The lowest BCUT2D eigenvalue weighted by Gasteiger charge is -2.22. The molecule has 0 amide bonds. The SMILES string of the molecule is CN1C(=S)N2C[C@@]3(c4cc(F)cc(F)c4)C[C@H]3C2C1O. The Kier molecular flexibility index (Phi) is 2.29. The average molecular weight is 296 g/mol. The number of rotatable bonds is 1. The molecule has 2 heterocycles. The highest BCUT2D eigenvalue weighted by Crippen LogP contribution is 2.64. The molecule has 0 radical (unpaired) electrons. The predicted octanol–water partition coefficient (Wildman–Crippen LogP) is 1.46. The smallest absolute Gasteiger partial charge is 0.173 e. The third kappa shape index (κ3) is 1.38. The quantitative estimate of drug-likeness (QED) is 0.794. The Morgan fingerprint density at radius 1 is 1.30 bits per heavy atom. The molecule has 3 nitrogen and oxygen atoms in total. The highest BCUT2D eigenvalue weighted by molar-refractivity contribution is 7.80. The Bertz CT molecular complexity index is 605. The number of aliphatic hydroxyl groups is 1. The molecular formula is C14H14F2N2OS. The molecule has 1 aliphatic carbocycles. The van der Waals surface area contributed by atoms with Crippen molar-refractivity contribution >= 4 is 17.3 Å². The van der Waals surface area contributed by atoms with E-state index < -0.39 is 17.9 Å². The second-order valence-corrected chi connectivity index (χ2v) is 6.42. The van der Waals surface area contributed by atoms with Crippen LogP contribution in [-0.4, -0.2) is 45.9 Å². The summed E-state index contributed by atoms with van der Waals surface area (Å²) in [7, 11) is 1.78. The van der Waals surface area contributed by atoms with Gasteiger partial charge in [0.1, 0.15) is 17.9 Å². The van der Waals surface area contributed by atoms with Gasteiger partial charge >= 0.3 is 0 Å². The minimum absolute atomic E-state index is 0.0566. The molecule has 1 aromatic carbocycles. The van der Waals surface area contributed by atoms with Crippen LogP contribution in [0.25, 0.3) is 0 Å². The fourth-order valence-electron chi connectivity index (χ4n) is 3.96. The number of likely N-dealkylation sites (N-methyl/N-ethyl adjacent to an activating group) is 1. The van der Waals surface area contributed by atoms with Crippen molar-refractivity contribution < 1.29 is 13.9 Å². The molecule has 20 heavy (non-hydrogen) atoms. The Hall–Kier alpha value is -1.27. The summed E-state index contributed by atoms with van der Waals surface area (Å²) in [5.74, 6) is -0.888. The fraction of sp³-hybridized carbons (Fsp3) is 0.500. The zero-order valence-electron chi connectivity index (χ0n) is 10.9. The first kappa shape index (κ1) is 12.5. The third-order valence-corrected chi connectivity index (χ3v) is 5.57. The second-order valence-electron chi connectivity index (χ2n) is 6.05. The Labute approximate surface area is 120 Å². The molecule has 6 heteroatoms. The molecule has 0 spiro atoms. The number of hydrogen-bond acceptors (Lipinski definition) is 2. The highest BCUT2D eigenvalue weighted by atomic mass is 32.1. The van der Waals surface area contributed by atoms with E-state index in [1.807, 2.05) is 4.90 Å². The molecule has 1 N–H and O–H groups in total. The number of nitrogens with zero attached hydrogens (tertiary/aromatic N) is 2. The van der Waals surface area contributed by atoms with Crippen molar-refractivity contribution in [3.63, 3.8) is 0 Å². The molecule has 1 aromatic rings. The van der Waals surface area contributed by atoms with E-state index in [1.54, 1.807) is 11.9 Å². The molecule has 3 fully saturated rings. The van der Waals surface area contributed by atoms with Crippen LogP contribution in [0.2, 0.25) is 0 Å². The third-order valence-electron chi connectivity index (χ3n) is 5.05. The first-order valence-corrected chi connectivity index (χ1v) is 7.03. The predicted molar refractivity (Wildman–Crippen MR) is 73.0 cm³/mol. The summed E-state index contributed by atoms with van der Waals surface area (Å²) in [5, 5.41) is 10.9. The number of piperidine rings is 1. The van der Waals surface area contributed by atoms with Crippen molar-refractivity contribution in [2.24, 2.45) is 5.92 Å². The maximum Gasteiger partial charge on any atom is 0.173 e. The van der Waals surface area contributed by atoms with Crippen LogP contribution in [0.3, 0.4) is 0 Å². The van der Waals surface area contributed by atoms with E-state index in [-0.39, 0.29) is 17.4 Å². The van der Waals surface area contributed by atoms with Gasteiger partial charge in [0.25, 0.3) is 0 Å². The molecular weight excluding hydrogens is 282 g/mol. The van der Waals surface area contributed by atoms with Gasteiger partial charge in [-0.1, -0.05) is 0 Å². The van der Waals surface area contributed by atoms with Gasteiger partial charge in [0.2, 0.25) is 0 Å². The Balaban J connectivity index is 1.72. The van der Waals surface area contributed by atoms with Crippen LogP contribution >= 0.6 is 12.2 Å². The van der Waals surface area contributed by atoms with E-state index in [0.717, 1.165) is 12.5 Å². The number of fused-ring (bicyclic) bond motifs is 3. The second kappa shape index (κ2) is 3.68. The van der Waals surface area contributed by atoms with Crippen LogP contribution in [0.4, 0.5) is 8.78 Å². The van der Waals surface area contributed by atoms with Gasteiger partial charge in [0.15, 0.2) is 5.11 Å². The standard InChI is InChI=1S/C14H14F2N2OS/c1-17-12(19)11-10-5-14(10,6-18(11)13(17)20)7-2-8(15)4-9(16)3-7/h2-4,10-12,19H,5-6H2,1H3/t10-,11?,12?,14+/m0/s1. The summed E-state index contributed by atoms with van der Waals surface area (Å²) in [6, 6.07) is 3.65. The average Bonchev–Trinajstić information content (AvgIpc) is 2.95. The summed E-state index contributed by atoms with van der Waals surface area (Å²) in [6.07, 6.45) is 0.222. The summed E-state index contributed by atoms with van der Waals surface area (Å²) in [6.45, 7) is 0.630. The largest absolute Gasteiger partial charge is 0.371 e. The molecule has 106 valence electrons. The summed E-state index contributed by atoms with van der Waals surface area (Å²) in [4.78, 5) is 3.69. The van der Waals surface area contributed by atoms with Crippen LogP contribution in [0.15, 0.2) is 18.2 Å². The van der Waals surface area contributed by atoms with Gasteiger partial charge in [-0.15, -0.1) is 0 Å². The van der Waals surface area contributed by atoms with Gasteiger partial charge in [-0.2, -0.15) is 0 Å². The number of hydrogen-bond donors (Lipinski definition) is 1. The molecule has 2 unspecified atom stereocenters. The van der Waals surface area contributed by atoms with Crippen LogP contribution in [-0.2, 0) is 5.41 Å². The zero-order valence-corrected chi connectivity index (χ0v) is 11.7. The molecule has 3 aliphatic rings. The van der Waals surface area contributed by atoms with Gasteiger partial charge in [0, 0.05) is 25.1 Å². The van der Waals surface area contributed by atoms with Gasteiger partial charge in [0.05, 0.1) is 6.04 Å². The normalized spacial score (nSPS) is 38.2. The minimum Gasteiger partial charge on any atom is -0.371 e. The lowest BCUT2D eigenvalue weighted by Crippen LogP contribution is -2.35. The fourth-order valence-corrected chi connectivity index (χ4v) is 4.26. The van der Waals surface area contributed by atoms with E-state index in [2.05, 4.69) is 0 Å². The van der Waals surface area contributed by atoms with E-state index >= 15 is 0 Å². The lowest BCUT2D eigenvalue weighted by atomic mass is 9.93. The van der Waals surface area contributed by atoms with Crippen LogP contribution in [0, 0.1) is 17.6 Å².